The van der Waals surface area contributed by atoms with E-state index >= 15 is 0 Å². The number of amides is 1. The van der Waals surface area contributed by atoms with Gasteiger partial charge in [-0.1, -0.05) is 25.6 Å². The summed E-state index contributed by atoms with van der Waals surface area (Å²) < 4.78 is 39.5. The summed E-state index contributed by atoms with van der Waals surface area (Å²) in [5.74, 6) is -0.156. The minimum absolute atomic E-state index is 0.148. The molecule has 1 aromatic heterocycles. The summed E-state index contributed by atoms with van der Waals surface area (Å²) >= 11 is 1.28. The van der Waals surface area contributed by atoms with E-state index in [1.165, 1.54) is 11.8 Å². The van der Waals surface area contributed by atoms with E-state index in [9.17, 15) is 18.0 Å². The zero-order valence-electron chi connectivity index (χ0n) is 13.7. The van der Waals surface area contributed by atoms with Gasteiger partial charge in [0.1, 0.15) is 6.54 Å². The van der Waals surface area contributed by atoms with Gasteiger partial charge in [-0.2, -0.15) is 13.2 Å². The van der Waals surface area contributed by atoms with E-state index in [0.29, 0.717) is 17.5 Å². The quantitative estimate of drug-likeness (QED) is 0.811. The van der Waals surface area contributed by atoms with Crippen molar-refractivity contribution in [3.8, 4) is 0 Å². The number of aromatic nitrogens is 2. The van der Waals surface area contributed by atoms with Gasteiger partial charge < -0.3 is 9.47 Å². The van der Waals surface area contributed by atoms with Crippen LogP contribution in [-0.4, -0.2) is 44.9 Å². The molecule has 0 spiro atoms. The van der Waals surface area contributed by atoms with Crippen LogP contribution >= 0.6 is 11.8 Å². The molecule has 1 aromatic rings. The fourth-order valence-corrected chi connectivity index (χ4v) is 3.98. The molecule has 1 aliphatic heterocycles. The predicted molar refractivity (Wildman–Crippen MR) is 83.6 cm³/mol. The van der Waals surface area contributed by atoms with Crippen LogP contribution in [-0.2, 0) is 4.79 Å². The Morgan fingerprint density at radius 1 is 1.35 bits per heavy atom. The van der Waals surface area contributed by atoms with Crippen molar-refractivity contribution < 1.29 is 18.0 Å². The first-order valence-corrected chi connectivity index (χ1v) is 8.57. The summed E-state index contributed by atoms with van der Waals surface area (Å²) in [6, 6.07) is 0.181. The molecule has 1 fully saturated rings. The van der Waals surface area contributed by atoms with Crippen molar-refractivity contribution in [1.29, 1.82) is 0 Å². The van der Waals surface area contributed by atoms with Crippen LogP contribution in [0, 0.1) is 0 Å². The number of thioether (sulfide) groups is 1. The Hall–Kier alpha value is -1.18. The summed E-state index contributed by atoms with van der Waals surface area (Å²) in [7, 11) is 0. The third kappa shape index (κ3) is 4.22. The first kappa shape index (κ1) is 18.2. The molecule has 4 nitrogen and oxygen atoms in total. The van der Waals surface area contributed by atoms with E-state index in [-0.39, 0.29) is 12.6 Å². The molecule has 0 N–H and O–H groups in total. The molecule has 0 aromatic carbocycles. The van der Waals surface area contributed by atoms with E-state index in [1.807, 2.05) is 13.8 Å². The van der Waals surface area contributed by atoms with Gasteiger partial charge in [-0.3, -0.25) is 4.79 Å². The fraction of sp³-hybridized carbons (Fsp3) is 0.733. The lowest BCUT2D eigenvalue weighted by atomic mass is 10.1. The maximum atomic E-state index is 12.5. The average molecular weight is 349 g/mol. The Kier molecular flexibility index (Phi) is 5.33. The monoisotopic (exact) mass is 349 g/mol. The highest BCUT2D eigenvalue weighted by Gasteiger charge is 2.40. The van der Waals surface area contributed by atoms with Crippen LogP contribution in [0.5, 0.6) is 0 Å². The van der Waals surface area contributed by atoms with Gasteiger partial charge in [0.2, 0.25) is 5.91 Å². The summed E-state index contributed by atoms with van der Waals surface area (Å²) in [6.45, 7) is 7.18. The summed E-state index contributed by atoms with van der Waals surface area (Å²) in [5, 5.41) is 0.216. The molecule has 0 saturated carbocycles. The second kappa shape index (κ2) is 6.75. The van der Waals surface area contributed by atoms with Crippen LogP contribution in [0.2, 0.25) is 0 Å². The number of halogens is 3. The minimum atomic E-state index is -4.35. The van der Waals surface area contributed by atoms with E-state index < -0.39 is 23.9 Å². The van der Waals surface area contributed by atoms with Crippen molar-refractivity contribution in [3.05, 3.63) is 11.9 Å². The lowest BCUT2D eigenvalue weighted by molar-refractivity contribution is -0.157. The van der Waals surface area contributed by atoms with Crippen LogP contribution in [0.25, 0.3) is 0 Å². The van der Waals surface area contributed by atoms with Crippen LogP contribution in [0.3, 0.4) is 0 Å². The zero-order valence-corrected chi connectivity index (χ0v) is 14.5. The van der Waals surface area contributed by atoms with Crippen LogP contribution < -0.4 is 0 Å². The molecule has 130 valence electrons. The van der Waals surface area contributed by atoms with Gasteiger partial charge >= 0.3 is 6.18 Å². The van der Waals surface area contributed by atoms with Gasteiger partial charge in [0, 0.05) is 24.5 Å². The molecule has 0 unspecified atom stereocenters. The van der Waals surface area contributed by atoms with Crippen molar-refractivity contribution in [2.45, 2.75) is 62.7 Å². The Labute approximate surface area is 138 Å². The lowest BCUT2D eigenvalue weighted by Gasteiger charge is -2.20. The standard InChI is InChI=1S/C15H22F3N3OS/c1-9(2)11-7-19-14(21(11)10(3)4)23-12-5-6-20(13(12)22)8-15(16,17)18/h7,9-10,12H,5-6,8H2,1-4H3/t12-/m1/s1. The number of hydrogen-bond donors (Lipinski definition) is 0. The number of hydrogen-bond acceptors (Lipinski definition) is 3. The molecule has 1 atom stereocenters. The first-order chi connectivity index (χ1) is 10.6. The van der Waals surface area contributed by atoms with E-state index in [2.05, 4.69) is 23.4 Å². The third-order valence-corrected chi connectivity index (χ3v) is 5.00. The van der Waals surface area contributed by atoms with Crippen molar-refractivity contribution >= 4 is 17.7 Å². The van der Waals surface area contributed by atoms with Gasteiger partial charge in [0.15, 0.2) is 5.16 Å². The lowest BCUT2D eigenvalue weighted by Crippen LogP contribution is -2.36. The molecule has 8 heteroatoms. The number of alkyl halides is 3. The zero-order chi connectivity index (χ0) is 17.4. The second-order valence-electron chi connectivity index (χ2n) is 6.35. The maximum Gasteiger partial charge on any atom is 0.406 e. The second-order valence-corrected chi connectivity index (χ2v) is 7.52. The Morgan fingerprint density at radius 3 is 2.52 bits per heavy atom. The van der Waals surface area contributed by atoms with E-state index in [0.717, 1.165) is 10.6 Å². The number of imidazole rings is 1. The largest absolute Gasteiger partial charge is 0.406 e. The van der Waals surface area contributed by atoms with Crippen molar-refractivity contribution in [3.63, 3.8) is 0 Å². The fourth-order valence-electron chi connectivity index (χ4n) is 2.71. The molecule has 2 rings (SSSR count). The van der Waals surface area contributed by atoms with Crippen molar-refractivity contribution in [2.24, 2.45) is 0 Å². The number of rotatable bonds is 5. The first-order valence-electron chi connectivity index (χ1n) is 7.69. The molecule has 2 heterocycles. The number of carbonyl (C=O) groups is 1. The Bertz CT molecular complexity index is 569. The highest BCUT2D eigenvalue weighted by Crippen LogP contribution is 2.34. The molecule has 1 aliphatic rings. The molecule has 0 radical (unpaired) electrons. The average Bonchev–Trinajstić information content (AvgIpc) is 2.96. The molecular weight excluding hydrogens is 327 g/mol. The number of nitrogens with zero attached hydrogens (tertiary/aromatic N) is 3. The van der Waals surface area contributed by atoms with Gasteiger partial charge in [0.05, 0.1) is 5.25 Å². The smallest absolute Gasteiger partial charge is 0.333 e. The number of likely N-dealkylation sites (tertiary alicyclic amines) is 1. The predicted octanol–water partition coefficient (Wildman–Crippen LogP) is 3.84. The SMILES string of the molecule is CC(C)c1cnc(S[C@@H]2CCN(CC(F)(F)F)C2=O)n1C(C)C. The third-order valence-electron chi connectivity index (χ3n) is 3.77. The summed E-state index contributed by atoms with van der Waals surface area (Å²) in [5.41, 5.74) is 1.07. The molecular formula is C15H22F3N3OS. The minimum Gasteiger partial charge on any atom is -0.333 e. The van der Waals surface area contributed by atoms with Gasteiger partial charge in [-0.15, -0.1) is 0 Å². The summed E-state index contributed by atoms with van der Waals surface area (Å²) in [4.78, 5) is 17.5. The van der Waals surface area contributed by atoms with Crippen LogP contribution in [0.4, 0.5) is 13.2 Å². The Balaban J connectivity index is 2.13. The maximum absolute atomic E-state index is 12.5. The van der Waals surface area contributed by atoms with Gasteiger partial charge in [0.25, 0.3) is 0 Å². The number of carbonyl (C=O) groups excluding carboxylic acids is 1. The highest BCUT2D eigenvalue weighted by atomic mass is 32.2. The van der Waals surface area contributed by atoms with Gasteiger partial charge in [-0.05, 0) is 26.2 Å². The van der Waals surface area contributed by atoms with Gasteiger partial charge in [-0.25, -0.2) is 4.98 Å². The van der Waals surface area contributed by atoms with E-state index in [4.69, 9.17) is 0 Å². The van der Waals surface area contributed by atoms with Crippen molar-refractivity contribution in [2.75, 3.05) is 13.1 Å². The highest BCUT2D eigenvalue weighted by molar-refractivity contribution is 8.00. The van der Waals surface area contributed by atoms with E-state index in [1.54, 1.807) is 6.20 Å². The molecule has 1 amide bonds. The van der Waals surface area contributed by atoms with Crippen LogP contribution in [0.1, 0.15) is 51.8 Å². The normalized spacial score (nSPS) is 19.4. The van der Waals surface area contributed by atoms with Crippen molar-refractivity contribution in [1.82, 2.24) is 14.5 Å². The molecule has 0 bridgehead atoms. The molecule has 23 heavy (non-hydrogen) atoms. The Morgan fingerprint density at radius 2 is 2.00 bits per heavy atom. The molecule has 1 saturated heterocycles. The topological polar surface area (TPSA) is 38.1 Å². The summed E-state index contributed by atoms with van der Waals surface area (Å²) in [6.07, 6.45) is -2.14. The van der Waals surface area contributed by atoms with Crippen LogP contribution in [0.15, 0.2) is 11.4 Å². The molecule has 0 aliphatic carbocycles.